The lowest BCUT2D eigenvalue weighted by molar-refractivity contribution is -0.0543. The fourth-order valence-corrected chi connectivity index (χ4v) is 3.13. The standard InChI is InChI=1S/C12H23NO/c1-2-11(5-3-6-11)9-12(14)7-4-8-13-10-12/h13-14H,2-10H2,1H3. The zero-order valence-electron chi connectivity index (χ0n) is 9.31. The Hall–Kier alpha value is -0.0800. The zero-order valence-corrected chi connectivity index (χ0v) is 9.31. The summed E-state index contributed by atoms with van der Waals surface area (Å²) in [5, 5.41) is 13.8. The molecule has 2 nitrogen and oxygen atoms in total. The van der Waals surface area contributed by atoms with Crippen LogP contribution < -0.4 is 5.32 Å². The van der Waals surface area contributed by atoms with Gasteiger partial charge in [-0.05, 0) is 44.1 Å². The number of rotatable bonds is 3. The lowest BCUT2D eigenvalue weighted by atomic mass is 9.61. The Morgan fingerprint density at radius 2 is 2.00 bits per heavy atom. The summed E-state index contributed by atoms with van der Waals surface area (Å²) in [6.07, 6.45) is 8.46. The van der Waals surface area contributed by atoms with Crippen molar-refractivity contribution in [1.82, 2.24) is 5.32 Å². The first-order chi connectivity index (χ1) is 6.68. The highest BCUT2D eigenvalue weighted by Gasteiger charge is 2.43. The van der Waals surface area contributed by atoms with Crippen LogP contribution in [0.25, 0.3) is 0 Å². The van der Waals surface area contributed by atoms with Crippen LogP contribution >= 0.6 is 0 Å². The lowest BCUT2D eigenvalue weighted by Gasteiger charge is -2.47. The van der Waals surface area contributed by atoms with Crippen LogP contribution in [0.5, 0.6) is 0 Å². The Balaban J connectivity index is 1.93. The van der Waals surface area contributed by atoms with Crippen LogP contribution in [0.4, 0.5) is 0 Å². The van der Waals surface area contributed by atoms with Crippen molar-refractivity contribution in [1.29, 1.82) is 0 Å². The first kappa shape index (κ1) is 10.4. The third-order valence-electron chi connectivity index (χ3n) is 4.32. The Bertz CT molecular complexity index is 187. The molecule has 0 radical (unpaired) electrons. The Morgan fingerprint density at radius 3 is 2.43 bits per heavy atom. The van der Waals surface area contributed by atoms with Crippen molar-refractivity contribution in [2.24, 2.45) is 5.41 Å². The van der Waals surface area contributed by atoms with Gasteiger partial charge in [0.15, 0.2) is 0 Å². The summed E-state index contributed by atoms with van der Waals surface area (Å²) in [5.74, 6) is 0. The molecule has 82 valence electrons. The molecule has 14 heavy (non-hydrogen) atoms. The summed E-state index contributed by atoms with van der Waals surface area (Å²) >= 11 is 0. The van der Waals surface area contributed by atoms with Gasteiger partial charge in [-0.2, -0.15) is 0 Å². The maximum atomic E-state index is 10.4. The van der Waals surface area contributed by atoms with Gasteiger partial charge in [0.25, 0.3) is 0 Å². The molecule has 0 spiro atoms. The van der Waals surface area contributed by atoms with E-state index in [4.69, 9.17) is 0 Å². The van der Waals surface area contributed by atoms with Crippen molar-refractivity contribution < 1.29 is 5.11 Å². The first-order valence-corrected chi connectivity index (χ1v) is 6.11. The number of piperidine rings is 1. The molecular weight excluding hydrogens is 174 g/mol. The van der Waals surface area contributed by atoms with Crippen molar-refractivity contribution in [3.05, 3.63) is 0 Å². The van der Waals surface area contributed by atoms with E-state index in [1.54, 1.807) is 0 Å². The van der Waals surface area contributed by atoms with Crippen molar-refractivity contribution in [2.75, 3.05) is 13.1 Å². The van der Waals surface area contributed by atoms with Crippen LogP contribution in [0.1, 0.15) is 51.9 Å². The second-order valence-electron chi connectivity index (χ2n) is 5.39. The summed E-state index contributed by atoms with van der Waals surface area (Å²) in [4.78, 5) is 0. The summed E-state index contributed by atoms with van der Waals surface area (Å²) < 4.78 is 0. The van der Waals surface area contributed by atoms with Gasteiger partial charge in [-0.3, -0.25) is 0 Å². The quantitative estimate of drug-likeness (QED) is 0.726. The van der Waals surface area contributed by atoms with Gasteiger partial charge in [0.1, 0.15) is 0 Å². The van der Waals surface area contributed by atoms with Gasteiger partial charge in [-0.1, -0.05) is 19.8 Å². The fourth-order valence-electron chi connectivity index (χ4n) is 3.13. The van der Waals surface area contributed by atoms with E-state index in [9.17, 15) is 5.11 Å². The minimum Gasteiger partial charge on any atom is -0.389 e. The monoisotopic (exact) mass is 197 g/mol. The van der Waals surface area contributed by atoms with E-state index in [2.05, 4.69) is 12.2 Å². The molecule has 1 heterocycles. The predicted octanol–water partition coefficient (Wildman–Crippen LogP) is 2.07. The third-order valence-corrected chi connectivity index (χ3v) is 4.32. The Labute approximate surface area is 87.1 Å². The van der Waals surface area contributed by atoms with Crippen molar-refractivity contribution >= 4 is 0 Å². The van der Waals surface area contributed by atoms with E-state index >= 15 is 0 Å². The number of hydrogen-bond donors (Lipinski definition) is 2. The maximum Gasteiger partial charge on any atom is 0.0777 e. The molecule has 2 aliphatic rings. The number of aliphatic hydroxyl groups is 1. The summed E-state index contributed by atoms with van der Waals surface area (Å²) in [5.41, 5.74) is 0.0997. The van der Waals surface area contributed by atoms with Gasteiger partial charge in [0.05, 0.1) is 5.60 Å². The zero-order chi connectivity index (χ0) is 10.1. The number of hydrogen-bond acceptors (Lipinski definition) is 2. The molecule has 1 unspecified atom stereocenters. The molecule has 2 heteroatoms. The molecule has 0 aromatic rings. The fraction of sp³-hybridized carbons (Fsp3) is 1.00. The molecule has 2 rings (SSSR count). The summed E-state index contributed by atoms with van der Waals surface area (Å²) in [7, 11) is 0. The molecule has 2 fully saturated rings. The van der Waals surface area contributed by atoms with E-state index in [1.165, 1.54) is 25.7 Å². The van der Waals surface area contributed by atoms with Gasteiger partial charge in [0, 0.05) is 6.54 Å². The van der Waals surface area contributed by atoms with E-state index in [0.717, 1.165) is 32.4 Å². The smallest absolute Gasteiger partial charge is 0.0777 e. The second kappa shape index (κ2) is 3.82. The second-order valence-corrected chi connectivity index (χ2v) is 5.39. The summed E-state index contributed by atoms with van der Waals surface area (Å²) in [6, 6.07) is 0. The van der Waals surface area contributed by atoms with Crippen molar-refractivity contribution in [2.45, 2.75) is 57.5 Å². The molecule has 0 aromatic heterocycles. The minimum absolute atomic E-state index is 0.394. The average Bonchev–Trinajstić information content (AvgIpc) is 2.13. The van der Waals surface area contributed by atoms with E-state index in [-0.39, 0.29) is 0 Å². The Morgan fingerprint density at radius 1 is 1.21 bits per heavy atom. The van der Waals surface area contributed by atoms with Crippen molar-refractivity contribution in [3.8, 4) is 0 Å². The lowest BCUT2D eigenvalue weighted by Crippen LogP contribution is -2.50. The molecular formula is C12H23NO. The highest BCUT2D eigenvalue weighted by Crippen LogP contribution is 2.50. The van der Waals surface area contributed by atoms with Crippen LogP contribution in [0.3, 0.4) is 0 Å². The normalized spacial score (nSPS) is 36.4. The van der Waals surface area contributed by atoms with Gasteiger partial charge in [-0.25, -0.2) is 0 Å². The van der Waals surface area contributed by atoms with Crippen molar-refractivity contribution in [3.63, 3.8) is 0 Å². The number of nitrogens with one attached hydrogen (secondary N) is 1. The van der Waals surface area contributed by atoms with Crippen LogP contribution in [0.2, 0.25) is 0 Å². The Kier molecular flexibility index (Phi) is 2.85. The van der Waals surface area contributed by atoms with E-state index < -0.39 is 5.60 Å². The maximum absolute atomic E-state index is 10.4. The van der Waals surface area contributed by atoms with Crippen LogP contribution in [0.15, 0.2) is 0 Å². The minimum atomic E-state index is -0.394. The molecule has 2 N–H and O–H groups in total. The third kappa shape index (κ3) is 1.96. The van der Waals surface area contributed by atoms with E-state index in [0.29, 0.717) is 5.41 Å². The molecule has 1 saturated heterocycles. The first-order valence-electron chi connectivity index (χ1n) is 6.11. The van der Waals surface area contributed by atoms with Crippen LogP contribution in [-0.4, -0.2) is 23.8 Å². The predicted molar refractivity (Wildman–Crippen MR) is 58.2 cm³/mol. The van der Waals surface area contributed by atoms with Gasteiger partial charge in [0.2, 0.25) is 0 Å². The molecule has 1 saturated carbocycles. The highest BCUT2D eigenvalue weighted by atomic mass is 16.3. The molecule has 1 aliphatic heterocycles. The topological polar surface area (TPSA) is 32.3 Å². The van der Waals surface area contributed by atoms with Gasteiger partial charge >= 0.3 is 0 Å². The molecule has 1 atom stereocenters. The number of β-amino-alcohol motifs (C(OH)–C–C–N with tert-alkyl or cyclic N) is 1. The average molecular weight is 197 g/mol. The van der Waals surface area contributed by atoms with E-state index in [1.807, 2.05) is 0 Å². The SMILES string of the molecule is CCC1(CC2(O)CCCNC2)CCC1. The van der Waals surface area contributed by atoms with Crippen LogP contribution in [-0.2, 0) is 0 Å². The van der Waals surface area contributed by atoms with Gasteiger partial charge < -0.3 is 10.4 Å². The molecule has 0 bridgehead atoms. The highest BCUT2D eigenvalue weighted by molar-refractivity contribution is 4.96. The molecule has 1 aliphatic carbocycles. The summed E-state index contributed by atoms with van der Waals surface area (Å²) in [6.45, 7) is 4.18. The molecule has 0 amide bonds. The largest absolute Gasteiger partial charge is 0.389 e. The van der Waals surface area contributed by atoms with Crippen LogP contribution in [0, 0.1) is 5.41 Å². The molecule has 0 aromatic carbocycles. The van der Waals surface area contributed by atoms with Gasteiger partial charge in [-0.15, -0.1) is 0 Å².